The summed E-state index contributed by atoms with van der Waals surface area (Å²) in [6.07, 6.45) is 6.89. The lowest BCUT2D eigenvalue weighted by atomic mass is 9.89. The Morgan fingerprint density at radius 1 is 1.18 bits per heavy atom. The average Bonchev–Trinajstić information content (AvgIpc) is 2.46. The molecule has 0 unspecified atom stereocenters. The second-order valence-corrected chi connectivity index (χ2v) is 6.29. The van der Waals surface area contributed by atoms with Gasteiger partial charge in [0.25, 0.3) is 5.56 Å². The van der Waals surface area contributed by atoms with Crippen LogP contribution in [0.1, 0.15) is 49.8 Å². The molecule has 0 aliphatic heterocycles. The average molecular weight is 307 g/mol. The molecular weight excluding hydrogens is 282 g/mol. The van der Waals surface area contributed by atoms with E-state index in [0.717, 1.165) is 6.54 Å². The lowest BCUT2D eigenvalue weighted by Crippen LogP contribution is -2.33. The summed E-state index contributed by atoms with van der Waals surface area (Å²) in [5.74, 6) is 0.663. The highest BCUT2D eigenvalue weighted by atomic mass is 16.2. The van der Waals surface area contributed by atoms with Crippen LogP contribution in [0.15, 0.2) is 9.59 Å². The fourth-order valence-corrected chi connectivity index (χ4v) is 3.21. The van der Waals surface area contributed by atoms with Crippen LogP contribution in [0.5, 0.6) is 0 Å². The van der Waals surface area contributed by atoms with Gasteiger partial charge in [0.05, 0.1) is 0 Å². The van der Waals surface area contributed by atoms with Crippen LogP contribution < -0.4 is 11.2 Å². The van der Waals surface area contributed by atoms with Crippen molar-refractivity contribution >= 4 is 5.91 Å². The Kier molecular flexibility index (Phi) is 5.57. The number of nitrogens with one attached hydrogen (secondary N) is 2. The summed E-state index contributed by atoms with van der Waals surface area (Å²) in [6.45, 7) is 2.49. The Bertz CT molecular complexity index is 626. The van der Waals surface area contributed by atoms with E-state index in [1.54, 1.807) is 11.8 Å². The van der Waals surface area contributed by atoms with E-state index >= 15 is 0 Å². The van der Waals surface area contributed by atoms with Gasteiger partial charge in [-0.3, -0.25) is 14.6 Å². The molecule has 0 bridgehead atoms. The van der Waals surface area contributed by atoms with E-state index in [0.29, 0.717) is 30.0 Å². The summed E-state index contributed by atoms with van der Waals surface area (Å²) in [6, 6.07) is 0. The van der Waals surface area contributed by atoms with Gasteiger partial charge in [0, 0.05) is 31.3 Å². The zero-order chi connectivity index (χ0) is 16.1. The second-order valence-electron chi connectivity index (χ2n) is 6.29. The minimum Gasteiger partial charge on any atom is -0.345 e. The Balaban J connectivity index is 1.89. The Morgan fingerprint density at radius 2 is 1.86 bits per heavy atom. The number of hydrogen-bond acceptors (Lipinski definition) is 3. The number of hydrogen-bond donors (Lipinski definition) is 2. The number of carbonyl (C=O) groups is 1. The van der Waals surface area contributed by atoms with Crippen LogP contribution >= 0.6 is 0 Å². The maximum atomic E-state index is 12.2. The van der Waals surface area contributed by atoms with E-state index < -0.39 is 11.2 Å². The van der Waals surface area contributed by atoms with Crippen LogP contribution in [0.2, 0.25) is 0 Å². The molecule has 22 heavy (non-hydrogen) atoms. The molecule has 122 valence electrons. The van der Waals surface area contributed by atoms with Crippen molar-refractivity contribution in [2.24, 2.45) is 5.92 Å². The molecule has 1 aromatic heterocycles. The highest BCUT2D eigenvalue weighted by Gasteiger charge is 2.18. The molecular formula is C16H25N3O3. The molecule has 1 aromatic rings. The number of nitrogens with zero attached hydrogens (tertiary/aromatic N) is 1. The Labute approximate surface area is 129 Å². The fraction of sp³-hybridized carbons (Fsp3) is 0.688. The molecule has 0 saturated heterocycles. The van der Waals surface area contributed by atoms with Crippen molar-refractivity contribution in [2.45, 2.75) is 51.9 Å². The summed E-state index contributed by atoms with van der Waals surface area (Å²) in [5, 5.41) is 0. The SMILES string of the molecule is Cc1[nH]c(=O)[nH]c(=O)c1CCC(=O)N(C)CC1CCCCC1. The first-order chi connectivity index (χ1) is 10.5. The normalized spacial score (nSPS) is 15.7. The maximum Gasteiger partial charge on any atom is 0.325 e. The lowest BCUT2D eigenvalue weighted by molar-refractivity contribution is -0.130. The quantitative estimate of drug-likeness (QED) is 0.861. The first-order valence-corrected chi connectivity index (χ1v) is 8.03. The predicted molar refractivity (Wildman–Crippen MR) is 85.0 cm³/mol. The topological polar surface area (TPSA) is 86.0 Å². The fourth-order valence-electron chi connectivity index (χ4n) is 3.21. The van der Waals surface area contributed by atoms with Crippen LogP contribution in [0.3, 0.4) is 0 Å². The zero-order valence-corrected chi connectivity index (χ0v) is 13.4. The van der Waals surface area contributed by atoms with Crippen LogP contribution in [0.25, 0.3) is 0 Å². The summed E-state index contributed by atoms with van der Waals surface area (Å²) in [4.78, 5) is 41.7. The van der Waals surface area contributed by atoms with Crippen LogP contribution in [-0.4, -0.2) is 34.4 Å². The van der Waals surface area contributed by atoms with Gasteiger partial charge in [-0.15, -0.1) is 0 Å². The van der Waals surface area contributed by atoms with Gasteiger partial charge in [0.15, 0.2) is 0 Å². The van der Waals surface area contributed by atoms with Gasteiger partial charge in [-0.1, -0.05) is 19.3 Å². The molecule has 1 heterocycles. The number of aromatic nitrogens is 2. The Morgan fingerprint density at radius 3 is 2.50 bits per heavy atom. The van der Waals surface area contributed by atoms with Crippen LogP contribution in [0.4, 0.5) is 0 Å². The molecule has 1 aliphatic carbocycles. The minimum atomic E-state index is -0.507. The summed E-state index contributed by atoms with van der Waals surface area (Å²) < 4.78 is 0. The highest BCUT2D eigenvalue weighted by molar-refractivity contribution is 5.76. The third kappa shape index (κ3) is 4.32. The van der Waals surface area contributed by atoms with Crippen molar-refractivity contribution in [1.82, 2.24) is 14.9 Å². The number of aromatic amines is 2. The molecule has 6 heteroatoms. The molecule has 1 aliphatic rings. The molecule has 0 atom stereocenters. The van der Waals surface area contributed by atoms with Crippen LogP contribution in [-0.2, 0) is 11.2 Å². The van der Waals surface area contributed by atoms with E-state index in [9.17, 15) is 14.4 Å². The predicted octanol–water partition coefficient (Wildman–Crippen LogP) is 1.34. The molecule has 1 fully saturated rings. The summed E-state index contributed by atoms with van der Waals surface area (Å²) in [5.41, 5.74) is 0.117. The third-order valence-electron chi connectivity index (χ3n) is 4.53. The van der Waals surface area contributed by atoms with E-state index in [2.05, 4.69) is 9.97 Å². The monoisotopic (exact) mass is 307 g/mol. The number of aryl methyl sites for hydroxylation is 1. The molecule has 2 N–H and O–H groups in total. The first kappa shape index (κ1) is 16.5. The van der Waals surface area contributed by atoms with E-state index in [-0.39, 0.29) is 5.91 Å². The largest absolute Gasteiger partial charge is 0.345 e. The highest BCUT2D eigenvalue weighted by Crippen LogP contribution is 2.24. The molecule has 0 spiro atoms. The number of carbonyl (C=O) groups excluding carboxylic acids is 1. The van der Waals surface area contributed by atoms with Crippen molar-refractivity contribution in [1.29, 1.82) is 0 Å². The lowest BCUT2D eigenvalue weighted by Gasteiger charge is -2.27. The van der Waals surface area contributed by atoms with Crippen molar-refractivity contribution in [2.75, 3.05) is 13.6 Å². The van der Waals surface area contributed by atoms with Crippen molar-refractivity contribution in [3.05, 3.63) is 32.1 Å². The smallest absolute Gasteiger partial charge is 0.325 e. The van der Waals surface area contributed by atoms with Gasteiger partial charge >= 0.3 is 5.69 Å². The van der Waals surface area contributed by atoms with Gasteiger partial charge < -0.3 is 9.88 Å². The van der Waals surface area contributed by atoms with Crippen molar-refractivity contribution < 1.29 is 4.79 Å². The molecule has 0 radical (unpaired) electrons. The van der Waals surface area contributed by atoms with E-state index in [4.69, 9.17) is 0 Å². The summed E-state index contributed by atoms with van der Waals surface area (Å²) >= 11 is 0. The Hall–Kier alpha value is -1.85. The van der Waals surface area contributed by atoms with Crippen molar-refractivity contribution in [3.8, 4) is 0 Å². The van der Waals surface area contributed by atoms with E-state index in [1.165, 1.54) is 32.1 Å². The second kappa shape index (κ2) is 7.42. The van der Waals surface area contributed by atoms with Crippen molar-refractivity contribution in [3.63, 3.8) is 0 Å². The van der Waals surface area contributed by atoms with Crippen LogP contribution in [0, 0.1) is 12.8 Å². The summed E-state index contributed by atoms with van der Waals surface area (Å²) in [7, 11) is 1.83. The molecule has 2 rings (SSSR count). The van der Waals surface area contributed by atoms with Gasteiger partial charge in [0.2, 0.25) is 5.91 Å². The standard InChI is InChI=1S/C16H25N3O3/c1-11-13(15(21)18-16(22)17-11)8-9-14(20)19(2)10-12-6-4-3-5-7-12/h12H,3-10H2,1-2H3,(H2,17,18,21,22). The molecule has 6 nitrogen and oxygen atoms in total. The number of amides is 1. The van der Waals surface area contributed by atoms with Gasteiger partial charge in [0.1, 0.15) is 0 Å². The first-order valence-electron chi connectivity index (χ1n) is 8.03. The maximum absolute atomic E-state index is 12.2. The van der Waals surface area contributed by atoms with Gasteiger partial charge in [-0.25, -0.2) is 4.79 Å². The van der Waals surface area contributed by atoms with Gasteiger partial charge in [-0.05, 0) is 32.1 Å². The number of H-pyrrole nitrogens is 2. The van der Waals surface area contributed by atoms with E-state index in [1.807, 2.05) is 7.05 Å². The minimum absolute atomic E-state index is 0.0515. The number of rotatable bonds is 5. The molecule has 1 amide bonds. The molecule has 0 aromatic carbocycles. The van der Waals surface area contributed by atoms with Gasteiger partial charge in [-0.2, -0.15) is 0 Å². The molecule has 1 saturated carbocycles. The zero-order valence-electron chi connectivity index (χ0n) is 13.4. The third-order valence-corrected chi connectivity index (χ3v) is 4.53.